The van der Waals surface area contributed by atoms with Crippen molar-refractivity contribution in [1.82, 2.24) is 9.80 Å². The summed E-state index contributed by atoms with van der Waals surface area (Å²) < 4.78 is 0. The molecule has 1 aliphatic rings. The fourth-order valence-electron chi connectivity index (χ4n) is 2.50. The van der Waals surface area contributed by atoms with Crippen molar-refractivity contribution >= 4 is 22.2 Å². The predicted molar refractivity (Wildman–Crippen MR) is 84.3 cm³/mol. The Labute approximate surface area is 133 Å². The quantitative estimate of drug-likeness (QED) is 0.467. The SMILES string of the molecule is O=C(c1ccc([N+](=O)[O-])s1)N1CCN(CCCCCO)CC1. The minimum atomic E-state index is -0.467. The van der Waals surface area contributed by atoms with Crippen LogP contribution in [-0.2, 0) is 0 Å². The van der Waals surface area contributed by atoms with Crippen LogP contribution in [0.5, 0.6) is 0 Å². The Bertz CT molecular complexity index is 512. The van der Waals surface area contributed by atoms with Gasteiger partial charge in [0.1, 0.15) is 0 Å². The molecule has 8 heteroatoms. The molecule has 7 nitrogen and oxygen atoms in total. The maximum Gasteiger partial charge on any atom is 0.324 e. The van der Waals surface area contributed by atoms with Gasteiger partial charge in [0.05, 0.1) is 9.80 Å². The molecule has 1 amide bonds. The minimum absolute atomic E-state index is 0.00543. The fourth-order valence-corrected chi connectivity index (χ4v) is 3.28. The molecule has 0 spiro atoms. The molecule has 1 fully saturated rings. The number of hydrogen-bond acceptors (Lipinski definition) is 6. The summed E-state index contributed by atoms with van der Waals surface area (Å²) >= 11 is 0.935. The molecular weight excluding hydrogens is 306 g/mol. The summed E-state index contributed by atoms with van der Waals surface area (Å²) in [6, 6.07) is 2.92. The lowest BCUT2D eigenvalue weighted by molar-refractivity contribution is -0.380. The van der Waals surface area contributed by atoms with Gasteiger partial charge in [0, 0.05) is 38.9 Å². The van der Waals surface area contributed by atoms with Gasteiger partial charge in [0.2, 0.25) is 0 Å². The number of thiophene rings is 1. The second kappa shape index (κ2) is 8.21. The third-order valence-electron chi connectivity index (χ3n) is 3.77. The van der Waals surface area contributed by atoms with Crippen LogP contribution < -0.4 is 0 Å². The van der Waals surface area contributed by atoms with Crippen LogP contribution in [0.1, 0.15) is 28.9 Å². The van der Waals surface area contributed by atoms with E-state index in [0.717, 1.165) is 50.2 Å². The van der Waals surface area contributed by atoms with Gasteiger partial charge in [0.25, 0.3) is 5.91 Å². The van der Waals surface area contributed by atoms with E-state index in [0.29, 0.717) is 18.0 Å². The first-order valence-corrected chi connectivity index (χ1v) is 8.30. The summed E-state index contributed by atoms with van der Waals surface area (Å²) in [4.78, 5) is 27.0. The summed E-state index contributed by atoms with van der Waals surface area (Å²) in [7, 11) is 0. The van der Waals surface area contributed by atoms with Crippen molar-refractivity contribution in [1.29, 1.82) is 0 Å². The van der Waals surface area contributed by atoms with E-state index in [-0.39, 0.29) is 17.5 Å². The predicted octanol–water partition coefficient (Wildman–Crippen LogP) is 1.58. The lowest BCUT2D eigenvalue weighted by Gasteiger charge is -2.34. The third-order valence-corrected chi connectivity index (χ3v) is 4.80. The Morgan fingerprint density at radius 1 is 1.23 bits per heavy atom. The number of amides is 1. The van der Waals surface area contributed by atoms with Gasteiger partial charge < -0.3 is 10.0 Å². The summed E-state index contributed by atoms with van der Waals surface area (Å²) in [6.45, 7) is 4.22. The van der Waals surface area contributed by atoms with Gasteiger partial charge in [-0.1, -0.05) is 11.3 Å². The molecule has 0 saturated carbocycles. The lowest BCUT2D eigenvalue weighted by atomic mass is 10.2. The van der Waals surface area contributed by atoms with Crippen LogP contribution >= 0.6 is 11.3 Å². The number of rotatable bonds is 7. The molecule has 0 unspecified atom stereocenters. The number of nitrogens with zero attached hydrogens (tertiary/aromatic N) is 3. The molecule has 0 aromatic carbocycles. The van der Waals surface area contributed by atoms with Crippen LogP contribution in [0.3, 0.4) is 0 Å². The number of hydrogen-bond donors (Lipinski definition) is 1. The van der Waals surface area contributed by atoms with Gasteiger partial charge in [-0.3, -0.25) is 19.8 Å². The van der Waals surface area contributed by atoms with Crippen molar-refractivity contribution in [3.8, 4) is 0 Å². The van der Waals surface area contributed by atoms with Crippen LogP contribution in [-0.4, -0.2) is 65.1 Å². The topological polar surface area (TPSA) is 86.9 Å². The van der Waals surface area contributed by atoms with Gasteiger partial charge in [-0.05, 0) is 31.9 Å². The molecule has 0 radical (unpaired) electrons. The Morgan fingerprint density at radius 3 is 2.55 bits per heavy atom. The first kappa shape index (κ1) is 16.9. The van der Waals surface area contributed by atoms with E-state index in [4.69, 9.17) is 5.11 Å². The van der Waals surface area contributed by atoms with E-state index in [1.165, 1.54) is 12.1 Å². The van der Waals surface area contributed by atoms with Crippen LogP contribution in [0.15, 0.2) is 12.1 Å². The van der Waals surface area contributed by atoms with Crippen molar-refractivity contribution < 1.29 is 14.8 Å². The molecule has 1 aromatic rings. The van der Waals surface area contributed by atoms with E-state index >= 15 is 0 Å². The Balaban J connectivity index is 1.78. The maximum absolute atomic E-state index is 12.3. The molecule has 1 aromatic heterocycles. The van der Waals surface area contributed by atoms with Crippen LogP contribution in [0, 0.1) is 10.1 Å². The van der Waals surface area contributed by atoms with E-state index < -0.39 is 4.92 Å². The monoisotopic (exact) mass is 327 g/mol. The molecule has 122 valence electrons. The van der Waals surface area contributed by atoms with Crippen molar-refractivity contribution in [3.63, 3.8) is 0 Å². The van der Waals surface area contributed by atoms with Crippen molar-refractivity contribution in [2.75, 3.05) is 39.3 Å². The average molecular weight is 327 g/mol. The zero-order valence-corrected chi connectivity index (χ0v) is 13.3. The molecule has 0 atom stereocenters. The highest BCUT2D eigenvalue weighted by molar-refractivity contribution is 7.17. The zero-order valence-electron chi connectivity index (χ0n) is 12.4. The first-order valence-electron chi connectivity index (χ1n) is 7.48. The third kappa shape index (κ3) is 4.49. The highest BCUT2D eigenvalue weighted by Crippen LogP contribution is 2.25. The standard InChI is InChI=1S/C14H21N3O4S/c18-11-3-1-2-6-15-7-9-16(10-8-15)14(19)12-4-5-13(22-12)17(20)21/h4-5,18H,1-3,6-11H2. The fraction of sp³-hybridized carbons (Fsp3) is 0.643. The number of carbonyl (C=O) groups is 1. The largest absolute Gasteiger partial charge is 0.396 e. The van der Waals surface area contributed by atoms with E-state index in [9.17, 15) is 14.9 Å². The minimum Gasteiger partial charge on any atom is -0.396 e. The van der Waals surface area contributed by atoms with Crippen LogP contribution in [0.4, 0.5) is 5.00 Å². The second-order valence-electron chi connectivity index (χ2n) is 5.31. The molecule has 1 aliphatic heterocycles. The van der Waals surface area contributed by atoms with Gasteiger partial charge in [-0.15, -0.1) is 0 Å². The number of carbonyl (C=O) groups excluding carboxylic acids is 1. The van der Waals surface area contributed by atoms with E-state index in [2.05, 4.69) is 4.90 Å². The normalized spacial score (nSPS) is 16.0. The second-order valence-corrected chi connectivity index (χ2v) is 6.38. The summed E-state index contributed by atoms with van der Waals surface area (Å²) in [5, 5.41) is 19.4. The van der Waals surface area contributed by atoms with Crippen LogP contribution in [0.2, 0.25) is 0 Å². The maximum atomic E-state index is 12.3. The number of nitro groups is 1. The highest BCUT2D eigenvalue weighted by Gasteiger charge is 2.24. The van der Waals surface area contributed by atoms with Gasteiger partial charge in [-0.2, -0.15) is 0 Å². The Kier molecular flexibility index (Phi) is 6.29. The number of aliphatic hydroxyl groups is 1. The first-order chi connectivity index (χ1) is 10.6. The average Bonchev–Trinajstić information content (AvgIpc) is 3.02. The van der Waals surface area contributed by atoms with Crippen molar-refractivity contribution in [3.05, 3.63) is 27.1 Å². The molecule has 2 rings (SSSR count). The molecule has 1 saturated heterocycles. The molecule has 0 aliphatic carbocycles. The van der Waals surface area contributed by atoms with E-state index in [1.807, 2.05) is 0 Å². The molecule has 22 heavy (non-hydrogen) atoms. The van der Waals surface area contributed by atoms with Gasteiger partial charge >= 0.3 is 5.00 Å². The summed E-state index contributed by atoms with van der Waals surface area (Å²) in [6.07, 6.45) is 2.93. The van der Waals surface area contributed by atoms with Crippen LogP contribution in [0.25, 0.3) is 0 Å². The number of piperazine rings is 1. The van der Waals surface area contributed by atoms with Gasteiger partial charge in [0.15, 0.2) is 0 Å². The lowest BCUT2D eigenvalue weighted by Crippen LogP contribution is -2.48. The summed E-state index contributed by atoms with van der Waals surface area (Å²) in [5.41, 5.74) is 0. The highest BCUT2D eigenvalue weighted by atomic mass is 32.1. The molecule has 1 N–H and O–H groups in total. The molecular formula is C14H21N3O4S. The number of aliphatic hydroxyl groups excluding tert-OH is 1. The Morgan fingerprint density at radius 2 is 1.95 bits per heavy atom. The molecule has 0 bridgehead atoms. The van der Waals surface area contributed by atoms with Gasteiger partial charge in [-0.25, -0.2) is 0 Å². The zero-order chi connectivity index (χ0) is 15.9. The molecule has 2 heterocycles. The number of unbranched alkanes of at least 4 members (excludes halogenated alkanes) is 2. The van der Waals surface area contributed by atoms with Crippen molar-refractivity contribution in [2.24, 2.45) is 0 Å². The summed E-state index contributed by atoms with van der Waals surface area (Å²) in [5.74, 6) is -0.113. The Hall–Kier alpha value is -1.51. The van der Waals surface area contributed by atoms with Crippen molar-refractivity contribution in [2.45, 2.75) is 19.3 Å². The van der Waals surface area contributed by atoms with E-state index in [1.54, 1.807) is 4.90 Å². The smallest absolute Gasteiger partial charge is 0.324 e.